The predicted octanol–water partition coefficient (Wildman–Crippen LogP) is 1.80. The molecule has 1 N–H and O–H groups in total. The van der Waals surface area contributed by atoms with Crippen molar-refractivity contribution in [3.05, 3.63) is 29.8 Å². The van der Waals surface area contributed by atoms with E-state index in [4.69, 9.17) is 0 Å². The van der Waals surface area contributed by atoms with Crippen molar-refractivity contribution >= 4 is 18.5 Å². The third-order valence-electron chi connectivity index (χ3n) is 3.17. The van der Waals surface area contributed by atoms with Gasteiger partial charge in [-0.3, -0.25) is 4.79 Å². The molecule has 0 aliphatic carbocycles. The monoisotopic (exact) mass is 250 g/mol. The molecule has 0 unspecified atom stereocenters. The average Bonchev–Trinajstić information content (AvgIpc) is 2.83. The third kappa shape index (κ3) is 2.82. The minimum atomic E-state index is 0.108. The highest BCUT2D eigenvalue weighted by Crippen LogP contribution is 2.15. The number of hydrogen-bond donors (Lipinski definition) is 2. The zero-order chi connectivity index (χ0) is 12.3. The Labute approximate surface area is 108 Å². The SMILES string of the molecule is CCN(C(=O)c1cccc(S)c1)[C@H]1CCNC1. The van der Waals surface area contributed by atoms with Crippen LogP contribution in [0.1, 0.15) is 23.7 Å². The molecule has 1 aliphatic heterocycles. The van der Waals surface area contributed by atoms with Crippen LogP contribution in [0.4, 0.5) is 0 Å². The molecule has 0 saturated carbocycles. The van der Waals surface area contributed by atoms with Crippen LogP contribution in [0, 0.1) is 0 Å². The van der Waals surface area contributed by atoms with E-state index in [9.17, 15) is 4.79 Å². The molecule has 1 atom stereocenters. The Morgan fingerprint density at radius 1 is 1.59 bits per heavy atom. The van der Waals surface area contributed by atoms with Crippen molar-refractivity contribution in [1.82, 2.24) is 10.2 Å². The Hall–Kier alpha value is -1.00. The van der Waals surface area contributed by atoms with Crippen molar-refractivity contribution in [2.45, 2.75) is 24.3 Å². The van der Waals surface area contributed by atoms with Gasteiger partial charge in [0, 0.05) is 29.6 Å². The second kappa shape index (κ2) is 5.56. The summed E-state index contributed by atoms with van der Waals surface area (Å²) >= 11 is 4.27. The fraction of sp³-hybridized carbons (Fsp3) is 0.462. The van der Waals surface area contributed by atoms with E-state index in [1.165, 1.54) is 0 Å². The lowest BCUT2D eigenvalue weighted by atomic mass is 10.1. The highest BCUT2D eigenvalue weighted by Gasteiger charge is 2.25. The first-order chi connectivity index (χ1) is 8.22. The van der Waals surface area contributed by atoms with Crippen molar-refractivity contribution in [3.63, 3.8) is 0 Å². The molecule has 0 bridgehead atoms. The second-order valence-electron chi connectivity index (χ2n) is 4.29. The Balaban J connectivity index is 2.16. The lowest BCUT2D eigenvalue weighted by Gasteiger charge is -2.27. The quantitative estimate of drug-likeness (QED) is 0.802. The maximum absolute atomic E-state index is 12.4. The normalized spacial score (nSPS) is 19.3. The van der Waals surface area contributed by atoms with Crippen molar-refractivity contribution in [2.75, 3.05) is 19.6 Å². The molecule has 4 heteroatoms. The molecular weight excluding hydrogens is 232 g/mol. The van der Waals surface area contributed by atoms with Gasteiger partial charge in [0.1, 0.15) is 0 Å². The zero-order valence-electron chi connectivity index (χ0n) is 10.0. The van der Waals surface area contributed by atoms with Gasteiger partial charge in [0.15, 0.2) is 0 Å². The Morgan fingerprint density at radius 2 is 2.41 bits per heavy atom. The number of amides is 1. The van der Waals surface area contributed by atoms with E-state index in [-0.39, 0.29) is 5.91 Å². The summed E-state index contributed by atoms with van der Waals surface area (Å²) in [6.07, 6.45) is 1.04. The minimum absolute atomic E-state index is 0.108. The smallest absolute Gasteiger partial charge is 0.254 e. The van der Waals surface area contributed by atoms with Gasteiger partial charge in [0.05, 0.1) is 0 Å². The summed E-state index contributed by atoms with van der Waals surface area (Å²) in [5.74, 6) is 0.108. The fourth-order valence-electron chi connectivity index (χ4n) is 2.28. The molecule has 3 nitrogen and oxygen atoms in total. The van der Waals surface area contributed by atoms with Crippen LogP contribution in [0.2, 0.25) is 0 Å². The average molecular weight is 250 g/mol. The summed E-state index contributed by atoms with van der Waals surface area (Å²) < 4.78 is 0. The molecule has 1 fully saturated rings. The molecular formula is C13H18N2OS. The van der Waals surface area contributed by atoms with E-state index < -0.39 is 0 Å². The van der Waals surface area contributed by atoms with E-state index in [2.05, 4.69) is 17.9 Å². The van der Waals surface area contributed by atoms with Crippen molar-refractivity contribution in [3.8, 4) is 0 Å². The summed E-state index contributed by atoms with van der Waals surface area (Å²) in [6.45, 7) is 4.68. The van der Waals surface area contributed by atoms with Gasteiger partial charge in [-0.1, -0.05) is 6.07 Å². The van der Waals surface area contributed by atoms with E-state index in [1.807, 2.05) is 36.1 Å². The number of hydrogen-bond acceptors (Lipinski definition) is 3. The van der Waals surface area contributed by atoms with Gasteiger partial charge in [-0.15, -0.1) is 12.6 Å². The zero-order valence-corrected chi connectivity index (χ0v) is 10.9. The number of likely N-dealkylation sites (N-methyl/N-ethyl adjacent to an activating group) is 1. The molecule has 1 saturated heterocycles. The highest BCUT2D eigenvalue weighted by molar-refractivity contribution is 7.80. The second-order valence-corrected chi connectivity index (χ2v) is 4.80. The van der Waals surface area contributed by atoms with E-state index in [0.29, 0.717) is 6.04 Å². The Bertz CT molecular complexity index is 402. The topological polar surface area (TPSA) is 32.3 Å². The number of carbonyl (C=O) groups is 1. The highest BCUT2D eigenvalue weighted by atomic mass is 32.1. The molecule has 1 aromatic carbocycles. The number of benzene rings is 1. The van der Waals surface area contributed by atoms with Crippen LogP contribution < -0.4 is 5.32 Å². The molecule has 92 valence electrons. The lowest BCUT2D eigenvalue weighted by molar-refractivity contribution is 0.0703. The van der Waals surface area contributed by atoms with Gasteiger partial charge in [0.2, 0.25) is 0 Å². The first-order valence-electron chi connectivity index (χ1n) is 6.03. The van der Waals surface area contributed by atoms with E-state index >= 15 is 0 Å². The van der Waals surface area contributed by atoms with Gasteiger partial charge in [-0.05, 0) is 38.1 Å². The van der Waals surface area contributed by atoms with Crippen molar-refractivity contribution in [2.24, 2.45) is 0 Å². The Morgan fingerprint density at radius 3 is 3.00 bits per heavy atom. The number of nitrogens with zero attached hydrogens (tertiary/aromatic N) is 1. The third-order valence-corrected chi connectivity index (χ3v) is 3.45. The molecule has 0 aromatic heterocycles. The van der Waals surface area contributed by atoms with Gasteiger partial charge in [-0.25, -0.2) is 0 Å². The maximum Gasteiger partial charge on any atom is 0.254 e. The van der Waals surface area contributed by atoms with Crippen LogP contribution >= 0.6 is 12.6 Å². The number of rotatable bonds is 3. The first-order valence-corrected chi connectivity index (χ1v) is 6.48. The van der Waals surface area contributed by atoms with Gasteiger partial charge >= 0.3 is 0 Å². The molecule has 1 aromatic rings. The summed E-state index contributed by atoms with van der Waals surface area (Å²) in [5, 5.41) is 3.30. The van der Waals surface area contributed by atoms with Gasteiger partial charge < -0.3 is 10.2 Å². The van der Waals surface area contributed by atoms with Crippen molar-refractivity contribution in [1.29, 1.82) is 0 Å². The molecule has 17 heavy (non-hydrogen) atoms. The van der Waals surface area contributed by atoms with Crippen LogP contribution in [-0.4, -0.2) is 36.5 Å². The summed E-state index contributed by atoms with van der Waals surface area (Å²) in [4.78, 5) is 15.2. The molecule has 0 radical (unpaired) electrons. The molecule has 0 spiro atoms. The van der Waals surface area contributed by atoms with Gasteiger partial charge in [-0.2, -0.15) is 0 Å². The standard InChI is InChI=1S/C13H18N2OS/c1-2-15(11-6-7-14-9-11)13(16)10-4-3-5-12(17)8-10/h3-5,8,11,14,17H,2,6-7,9H2,1H3/t11-/m0/s1. The van der Waals surface area contributed by atoms with Gasteiger partial charge in [0.25, 0.3) is 5.91 Å². The van der Waals surface area contributed by atoms with Crippen LogP contribution in [0.15, 0.2) is 29.2 Å². The van der Waals surface area contributed by atoms with Crippen LogP contribution in [0.5, 0.6) is 0 Å². The lowest BCUT2D eigenvalue weighted by Crippen LogP contribution is -2.41. The number of nitrogens with one attached hydrogen (secondary N) is 1. The summed E-state index contributed by atoms with van der Waals surface area (Å²) in [5.41, 5.74) is 0.728. The van der Waals surface area contributed by atoms with E-state index in [0.717, 1.165) is 36.5 Å². The minimum Gasteiger partial charge on any atom is -0.335 e. The largest absolute Gasteiger partial charge is 0.335 e. The Kier molecular flexibility index (Phi) is 4.07. The molecule has 2 rings (SSSR count). The molecule has 1 amide bonds. The van der Waals surface area contributed by atoms with Crippen LogP contribution in [0.3, 0.4) is 0 Å². The molecule has 1 aliphatic rings. The number of thiol groups is 1. The first kappa shape index (κ1) is 12.5. The van der Waals surface area contributed by atoms with Crippen molar-refractivity contribution < 1.29 is 4.79 Å². The van der Waals surface area contributed by atoms with Crippen LogP contribution in [-0.2, 0) is 0 Å². The fourth-order valence-corrected chi connectivity index (χ4v) is 2.50. The maximum atomic E-state index is 12.4. The van der Waals surface area contributed by atoms with Crippen LogP contribution in [0.25, 0.3) is 0 Å². The number of carbonyl (C=O) groups excluding carboxylic acids is 1. The summed E-state index contributed by atoms with van der Waals surface area (Å²) in [6, 6.07) is 7.77. The summed E-state index contributed by atoms with van der Waals surface area (Å²) in [7, 11) is 0. The molecule has 1 heterocycles. The van der Waals surface area contributed by atoms with E-state index in [1.54, 1.807) is 0 Å². The predicted molar refractivity (Wildman–Crippen MR) is 71.7 cm³/mol.